The molecule has 2 heterocycles. The van der Waals surface area contributed by atoms with Gasteiger partial charge in [0.25, 0.3) is 0 Å². The molecule has 0 aliphatic carbocycles. The lowest BCUT2D eigenvalue weighted by Gasteiger charge is -2.34. The van der Waals surface area contributed by atoms with Crippen LogP contribution in [0.2, 0.25) is 0 Å². The summed E-state index contributed by atoms with van der Waals surface area (Å²) in [7, 11) is 2.15. The summed E-state index contributed by atoms with van der Waals surface area (Å²) in [6.45, 7) is 5.84. The second-order valence-corrected chi connectivity index (χ2v) is 3.39. The van der Waals surface area contributed by atoms with Crippen LogP contribution in [0.5, 0.6) is 0 Å². The third-order valence-corrected chi connectivity index (χ3v) is 2.44. The van der Waals surface area contributed by atoms with Gasteiger partial charge in [0.05, 0.1) is 13.2 Å². The van der Waals surface area contributed by atoms with Crippen molar-refractivity contribution in [2.75, 3.05) is 46.4 Å². The number of rotatable bonds is 1. The predicted molar refractivity (Wildman–Crippen MR) is 44.8 cm³/mol. The highest BCUT2D eigenvalue weighted by Crippen LogP contribution is 2.11. The molecule has 0 aromatic heterocycles. The summed E-state index contributed by atoms with van der Waals surface area (Å²) < 4.78 is 10.8. The van der Waals surface area contributed by atoms with Crippen molar-refractivity contribution in [1.29, 1.82) is 0 Å². The Morgan fingerprint density at radius 3 is 2.17 bits per heavy atom. The molecule has 2 rings (SSSR count). The van der Waals surface area contributed by atoms with Gasteiger partial charge < -0.3 is 14.4 Å². The van der Waals surface area contributed by atoms with Gasteiger partial charge in [-0.15, -0.1) is 0 Å². The molecular weight excluding hydrogens is 156 g/mol. The predicted octanol–water partition coefficient (Wildman–Crippen LogP) is -0.436. The van der Waals surface area contributed by atoms with E-state index >= 15 is 0 Å². The van der Waals surface area contributed by atoms with Crippen LogP contribution in [0, 0.1) is 0 Å². The Morgan fingerprint density at radius 1 is 1.00 bits per heavy atom. The van der Waals surface area contributed by atoms with Crippen molar-refractivity contribution in [2.45, 2.75) is 6.41 Å². The van der Waals surface area contributed by atoms with E-state index in [1.807, 2.05) is 0 Å². The van der Waals surface area contributed by atoms with E-state index in [1.54, 1.807) is 0 Å². The third kappa shape index (κ3) is 1.77. The molecule has 0 bridgehead atoms. The fraction of sp³-hybridized carbons (Fsp3) is 1.00. The highest BCUT2D eigenvalue weighted by Gasteiger charge is 2.26. The molecule has 0 aromatic rings. The highest BCUT2D eigenvalue weighted by molar-refractivity contribution is 4.69. The molecule has 0 saturated carbocycles. The van der Waals surface area contributed by atoms with Crippen molar-refractivity contribution < 1.29 is 9.47 Å². The van der Waals surface area contributed by atoms with Gasteiger partial charge in [0, 0.05) is 26.2 Å². The smallest absolute Gasteiger partial charge is 0.218 e. The number of hydrogen-bond acceptors (Lipinski definition) is 4. The summed E-state index contributed by atoms with van der Waals surface area (Å²) >= 11 is 0. The highest BCUT2D eigenvalue weighted by atomic mass is 16.7. The summed E-state index contributed by atoms with van der Waals surface area (Å²) in [5, 5.41) is 0. The van der Waals surface area contributed by atoms with Crippen molar-refractivity contribution in [1.82, 2.24) is 9.80 Å². The Bertz CT molecular complexity index is 140. The molecule has 2 fully saturated rings. The van der Waals surface area contributed by atoms with E-state index in [9.17, 15) is 0 Å². The lowest BCUT2D eigenvalue weighted by molar-refractivity contribution is -0.161. The standard InChI is InChI=1S/C8H16N2O2/c1-9-2-4-10(5-3-9)8-11-6-7-12-8/h8H,2-7H2,1H3. The topological polar surface area (TPSA) is 24.9 Å². The molecule has 0 spiro atoms. The molecule has 12 heavy (non-hydrogen) atoms. The second-order valence-electron chi connectivity index (χ2n) is 3.39. The van der Waals surface area contributed by atoms with Crippen LogP contribution in [0.3, 0.4) is 0 Å². The Balaban J connectivity index is 1.80. The first-order chi connectivity index (χ1) is 5.86. The second kappa shape index (κ2) is 3.70. The van der Waals surface area contributed by atoms with E-state index in [2.05, 4.69) is 16.8 Å². The fourth-order valence-corrected chi connectivity index (χ4v) is 1.59. The molecule has 0 atom stereocenters. The third-order valence-electron chi connectivity index (χ3n) is 2.44. The molecule has 2 aliphatic rings. The van der Waals surface area contributed by atoms with Crippen LogP contribution >= 0.6 is 0 Å². The number of ether oxygens (including phenoxy) is 2. The summed E-state index contributed by atoms with van der Waals surface area (Å²) in [6, 6.07) is 0. The molecule has 4 heteroatoms. The molecule has 2 saturated heterocycles. The average molecular weight is 172 g/mol. The average Bonchev–Trinajstić information content (AvgIpc) is 2.58. The zero-order valence-corrected chi connectivity index (χ0v) is 7.53. The Labute approximate surface area is 73.0 Å². The van der Waals surface area contributed by atoms with Gasteiger partial charge in [0.1, 0.15) is 0 Å². The van der Waals surface area contributed by atoms with Crippen LogP contribution < -0.4 is 0 Å². The van der Waals surface area contributed by atoms with Gasteiger partial charge in [-0.2, -0.15) is 0 Å². The number of nitrogens with zero attached hydrogens (tertiary/aromatic N) is 2. The van der Waals surface area contributed by atoms with Gasteiger partial charge in [0.15, 0.2) is 0 Å². The monoisotopic (exact) mass is 172 g/mol. The van der Waals surface area contributed by atoms with E-state index in [0.717, 1.165) is 39.4 Å². The lowest BCUT2D eigenvalue weighted by atomic mass is 10.3. The first kappa shape index (κ1) is 8.44. The minimum Gasteiger partial charge on any atom is -0.337 e. The van der Waals surface area contributed by atoms with Gasteiger partial charge in [-0.25, -0.2) is 0 Å². The van der Waals surface area contributed by atoms with Crippen molar-refractivity contribution in [3.8, 4) is 0 Å². The first-order valence-electron chi connectivity index (χ1n) is 4.52. The van der Waals surface area contributed by atoms with Gasteiger partial charge in [-0.1, -0.05) is 0 Å². The molecule has 0 N–H and O–H groups in total. The maximum absolute atomic E-state index is 5.41. The molecule has 0 aromatic carbocycles. The molecule has 70 valence electrons. The van der Waals surface area contributed by atoms with Crippen LogP contribution in [0.4, 0.5) is 0 Å². The minimum atomic E-state index is -0.0568. The van der Waals surface area contributed by atoms with Gasteiger partial charge in [-0.3, -0.25) is 4.90 Å². The Morgan fingerprint density at radius 2 is 1.58 bits per heavy atom. The Kier molecular flexibility index (Phi) is 2.60. The normalized spacial score (nSPS) is 29.8. The zero-order valence-electron chi connectivity index (χ0n) is 7.53. The fourth-order valence-electron chi connectivity index (χ4n) is 1.59. The van der Waals surface area contributed by atoms with Gasteiger partial charge >= 0.3 is 0 Å². The molecule has 0 radical (unpaired) electrons. The first-order valence-corrected chi connectivity index (χ1v) is 4.52. The molecule has 0 amide bonds. The molecule has 2 aliphatic heterocycles. The van der Waals surface area contributed by atoms with Gasteiger partial charge in [0.2, 0.25) is 6.41 Å². The molecular formula is C8H16N2O2. The van der Waals surface area contributed by atoms with Crippen molar-refractivity contribution >= 4 is 0 Å². The Hall–Kier alpha value is -0.160. The van der Waals surface area contributed by atoms with Gasteiger partial charge in [-0.05, 0) is 7.05 Å². The van der Waals surface area contributed by atoms with Crippen LogP contribution in [-0.4, -0.2) is 62.7 Å². The lowest BCUT2D eigenvalue weighted by Crippen LogP contribution is -2.49. The van der Waals surface area contributed by atoms with E-state index in [4.69, 9.17) is 9.47 Å². The summed E-state index contributed by atoms with van der Waals surface area (Å²) in [5.41, 5.74) is 0. The summed E-state index contributed by atoms with van der Waals surface area (Å²) in [4.78, 5) is 4.58. The SMILES string of the molecule is CN1CCN(C2OCCO2)CC1. The maximum atomic E-state index is 5.41. The molecule has 4 nitrogen and oxygen atoms in total. The molecule has 0 unspecified atom stereocenters. The van der Waals surface area contributed by atoms with Crippen LogP contribution in [0.1, 0.15) is 0 Å². The summed E-state index contributed by atoms with van der Waals surface area (Å²) in [6.07, 6.45) is -0.0568. The number of likely N-dealkylation sites (N-methyl/N-ethyl adjacent to an activating group) is 1. The summed E-state index contributed by atoms with van der Waals surface area (Å²) in [5.74, 6) is 0. The van der Waals surface area contributed by atoms with Crippen LogP contribution in [0.15, 0.2) is 0 Å². The van der Waals surface area contributed by atoms with E-state index < -0.39 is 0 Å². The maximum Gasteiger partial charge on any atom is 0.218 e. The minimum absolute atomic E-state index is 0.0568. The van der Waals surface area contributed by atoms with Crippen molar-refractivity contribution in [2.24, 2.45) is 0 Å². The zero-order chi connectivity index (χ0) is 8.39. The van der Waals surface area contributed by atoms with Crippen LogP contribution in [-0.2, 0) is 9.47 Å². The van der Waals surface area contributed by atoms with E-state index in [0.29, 0.717) is 0 Å². The van der Waals surface area contributed by atoms with Crippen molar-refractivity contribution in [3.05, 3.63) is 0 Å². The quantitative estimate of drug-likeness (QED) is 0.535. The number of piperazine rings is 1. The largest absolute Gasteiger partial charge is 0.337 e. The number of hydrogen-bond donors (Lipinski definition) is 0. The van der Waals surface area contributed by atoms with Crippen LogP contribution in [0.25, 0.3) is 0 Å². The van der Waals surface area contributed by atoms with E-state index in [1.165, 1.54) is 0 Å². The van der Waals surface area contributed by atoms with E-state index in [-0.39, 0.29) is 6.41 Å². The van der Waals surface area contributed by atoms with Crippen molar-refractivity contribution in [3.63, 3.8) is 0 Å².